The number of pyridine rings is 1. The zero-order valence-corrected chi connectivity index (χ0v) is 12.0. The lowest BCUT2D eigenvalue weighted by atomic mass is 10.1. The van der Waals surface area contributed by atoms with Gasteiger partial charge in [-0.2, -0.15) is 4.37 Å². The molecule has 2 heterocycles. The number of rotatable bonds is 5. The van der Waals surface area contributed by atoms with Gasteiger partial charge < -0.3 is 5.73 Å². The first kappa shape index (κ1) is 13.5. The van der Waals surface area contributed by atoms with E-state index in [1.807, 2.05) is 19.1 Å². The molecule has 2 aromatic rings. The van der Waals surface area contributed by atoms with E-state index in [1.165, 1.54) is 17.1 Å². The summed E-state index contributed by atoms with van der Waals surface area (Å²) in [6.45, 7) is 4.07. The van der Waals surface area contributed by atoms with Crippen LogP contribution in [0, 0.1) is 0 Å². The van der Waals surface area contributed by atoms with Crippen molar-refractivity contribution in [3.05, 3.63) is 35.9 Å². The summed E-state index contributed by atoms with van der Waals surface area (Å²) >= 11 is 3.12. The molecule has 0 radical (unpaired) electrons. The highest BCUT2D eigenvalue weighted by atomic mass is 32.2. The second-order valence-electron chi connectivity index (χ2n) is 4.01. The van der Waals surface area contributed by atoms with E-state index < -0.39 is 0 Å². The Morgan fingerprint density at radius 2 is 2.11 bits per heavy atom. The summed E-state index contributed by atoms with van der Waals surface area (Å²) in [5, 5.41) is 0.186. The number of nitrogens with two attached hydrogens (primary N) is 1. The minimum atomic E-state index is 0.0476. The van der Waals surface area contributed by atoms with Gasteiger partial charge in [0.2, 0.25) is 0 Å². The molecule has 6 heteroatoms. The number of hydrogen-bond donors (Lipinski definition) is 1. The van der Waals surface area contributed by atoms with Gasteiger partial charge in [0.05, 0.1) is 5.25 Å². The Morgan fingerprint density at radius 1 is 1.39 bits per heavy atom. The van der Waals surface area contributed by atoms with Crippen LogP contribution >= 0.6 is 23.3 Å². The highest BCUT2D eigenvalue weighted by Gasteiger charge is 2.19. The maximum absolute atomic E-state index is 6.07. The van der Waals surface area contributed by atoms with Crippen molar-refractivity contribution in [2.75, 3.05) is 0 Å². The van der Waals surface area contributed by atoms with E-state index in [0.29, 0.717) is 0 Å². The largest absolute Gasteiger partial charge is 0.327 e. The molecule has 18 heavy (non-hydrogen) atoms. The molecule has 2 unspecified atom stereocenters. The van der Waals surface area contributed by atoms with Crippen molar-refractivity contribution in [3.8, 4) is 0 Å². The van der Waals surface area contributed by atoms with Crippen molar-refractivity contribution in [1.29, 1.82) is 0 Å². The average molecular weight is 280 g/mol. The predicted molar refractivity (Wildman–Crippen MR) is 75.8 cm³/mol. The molecule has 0 aliphatic heterocycles. The van der Waals surface area contributed by atoms with Crippen molar-refractivity contribution in [2.45, 2.75) is 35.9 Å². The van der Waals surface area contributed by atoms with Gasteiger partial charge in [-0.15, -0.1) is 0 Å². The molecule has 2 N–H and O–H groups in total. The molecule has 96 valence electrons. The fourth-order valence-corrected chi connectivity index (χ4v) is 3.55. The van der Waals surface area contributed by atoms with Crippen LogP contribution in [0.5, 0.6) is 0 Å². The van der Waals surface area contributed by atoms with Crippen molar-refractivity contribution in [1.82, 2.24) is 14.3 Å². The van der Waals surface area contributed by atoms with Crippen LogP contribution in [0.3, 0.4) is 0 Å². The van der Waals surface area contributed by atoms with Crippen LogP contribution in [0.15, 0.2) is 28.9 Å². The Kier molecular flexibility index (Phi) is 4.68. The van der Waals surface area contributed by atoms with Crippen molar-refractivity contribution < 1.29 is 0 Å². The molecule has 2 atom stereocenters. The summed E-state index contributed by atoms with van der Waals surface area (Å²) in [5.41, 5.74) is 7.25. The van der Waals surface area contributed by atoms with Crippen LogP contribution < -0.4 is 5.73 Å². The maximum Gasteiger partial charge on any atom is 0.170 e. The van der Waals surface area contributed by atoms with Crippen LogP contribution in [-0.4, -0.2) is 20.4 Å². The van der Waals surface area contributed by atoms with Gasteiger partial charge in [0, 0.05) is 24.9 Å². The van der Waals surface area contributed by atoms with Gasteiger partial charge in [-0.25, -0.2) is 4.98 Å². The summed E-state index contributed by atoms with van der Waals surface area (Å²) in [6.07, 6.45) is 4.46. The quantitative estimate of drug-likeness (QED) is 0.853. The first-order valence-corrected chi connectivity index (χ1v) is 7.50. The van der Waals surface area contributed by atoms with Crippen LogP contribution in [0.25, 0.3) is 0 Å². The molecule has 0 saturated heterocycles. The first-order chi connectivity index (χ1) is 8.70. The van der Waals surface area contributed by atoms with E-state index >= 15 is 0 Å². The molecular weight excluding hydrogens is 264 g/mol. The van der Waals surface area contributed by atoms with Crippen LogP contribution in [0.4, 0.5) is 0 Å². The Bertz CT molecular complexity index is 484. The highest BCUT2D eigenvalue weighted by Crippen LogP contribution is 2.37. The van der Waals surface area contributed by atoms with Gasteiger partial charge in [-0.3, -0.25) is 4.98 Å². The standard InChI is InChI=1S/C12H16N4S2/c1-3-10-15-12(18-16-10)17-11(8(2)13)9-4-6-14-7-5-9/h4-8,11H,3,13H2,1-2H3. The number of hydrogen-bond acceptors (Lipinski definition) is 6. The van der Waals surface area contributed by atoms with E-state index in [-0.39, 0.29) is 11.3 Å². The minimum absolute atomic E-state index is 0.0476. The molecule has 0 aliphatic rings. The Balaban J connectivity index is 2.17. The molecule has 0 spiro atoms. The Morgan fingerprint density at radius 3 is 2.67 bits per heavy atom. The molecule has 2 rings (SSSR count). The molecule has 0 fully saturated rings. The van der Waals surface area contributed by atoms with E-state index in [2.05, 4.69) is 21.3 Å². The fourth-order valence-electron chi connectivity index (χ4n) is 1.57. The Labute approximate surface area is 115 Å². The van der Waals surface area contributed by atoms with Crippen LogP contribution in [-0.2, 0) is 6.42 Å². The van der Waals surface area contributed by atoms with Crippen LogP contribution in [0.1, 0.15) is 30.5 Å². The smallest absolute Gasteiger partial charge is 0.170 e. The molecule has 4 nitrogen and oxygen atoms in total. The van der Waals surface area contributed by atoms with E-state index in [9.17, 15) is 0 Å². The molecule has 0 saturated carbocycles. The van der Waals surface area contributed by atoms with Gasteiger partial charge in [0.25, 0.3) is 0 Å². The average Bonchev–Trinajstić information content (AvgIpc) is 2.84. The minimum Gasteiger partial charge on any atom is -0.327 e. The number of aryl methyl sites for hydroxylation is 1. The zero-order valence-electron chi connectivity index (χ0n) is 10.4. The normalized spacial score (nSPS) is 14.4. The highest BCUT2D eigenvalue weighted by molar-refractivity contribution is 8.01. The van der Waals surface area contributed by atoms with Crippen molar-refractivity contribution in [2.24, 2.45) is 5.73 Å². The van der Waals surface area contributed by atoms with Gasteiger partial charge in [0.15, 0.2) is 4.34 Å². The van der Waals surface area contributed by atoms with Gasteiger partial charge in [-0.05, 0) is 36.2 Å². The zero-order chi connectivity index (χ0) is 13.0. The fraction of sp³-hybridized carbons (Fsp3) is 0.417. The lowest BCUT2D eigenvalue weighted by Gasteiger charge is -2.18. The SMILES string of the molecule is CCc1nsc(SC(c2ccncc2)C(C)N)n1. The maximum atomic E-state index is 6.07. The lowest BCUT2D eigenvalue weighted by Crippen LogP contribution is -2.22. The topological polar surface area (TPSA) is 64.7 Å². The summed E-state index contributed by atoms with van der Waals surface area (Å²) in [6, 6.07) is 4.05. The predicted octanol–water partition coefficient (Wildman–Crippen LogP) is 2.68. The second kappa shape index (κ2) is 6.26. The Hall–Kier alpha value is -0.980. The third-order valence-electron chi connectivity index (χ3n) is 2.51. The number of thioether (sulfide) groups is 1. The third kappa shape index (κ3) is 3.28. The molecule has 0 bridgehead atoms. The van der Waals surface area contributed by atoms with E-state index in [0.717, 1.165) is 16.6 Å². The number of nitrogens with zero attached hydrogens (tertiary/aromatic N) is 3. The van der Waals surface area contributed by atoms with Gasteiger partial charge >= 0.3 is 0 Å². The molecular formula is C12H16N4S2. The second-order valence-corrected chi connectivity index (χ2v) is 6.15. The van der Waals surface area contributed by atoms with Gasteiger partial charge in [0.1, 0.15) is 5.82 Å². The molecule has 2 aromatic heterocycles. The molecule has 0 aliphatic carbocycles. The lowest BCUT2D eigenvalue weighted by molar-refractivity contribution is 0.720. The summed E-state index contributed by atoms with van der Waals surface area (Å²) in [7, 11) is 0. The van der Waals surface area contributed by atoms with Gasteiger partial charge in [-0.1, -0.05) is 18.7 Å². The van der Waals surface area contributed by atoms with E-state index in [1.54, 1.807) is 24.2 Å². The molecule has 0 aromatic carbocycles. The van der Waals surface area contributed by atoms with Crippen molar-refractivity contribution in [3.63, 3.8) is 0 Å². The number of aromatic nitrogens is 3. The third-order valence-corrected chi connectivity index (χ3v) is 4.82. The monoisotopic (exact) mass is 280 g/mol. The van der Waals surface area contributed by atoms with E-state index in [4.69, 9.17) is 5.73 Å². The summed E-state index contributed by atoms with van der Waals surface area (Å²) in [5.74, 6) is 0.903. The van der Waals surface area contributed by atoms with Crippen LogP contribution in [0.2, 0.25) is 0 Å². The first-order valence-electron chi connectivity index (χ1n) is 5.85. The molecule has 0 amide bonds. The summed E-state index contributed by atoms with van der Waals surface area (Å²) < 4.78 is 5.28. The summed E-state index contributed by atoms with van der Waals surface area (Å²) in [4.78, 5) is 8.51. The van der Waals surface area contributed by atoms with Crippen molar-refractivity contribution >= 4 is 23.3 Å².